The molecule has 1 aromatic heterocycles. The number of hydrogen-bond acceptors (Lipinski definition) is 3. The molecule has 0 radical (unpaired) electrons. The second-order valence-electron chi connectivity index (χ2n) is 8.06. The molecule has 0 amide bonds. The first-order valence-electron chi connectivity index (χ1n) is 10.5. The highest BCUT2D eigenvalue weighted by molar-refractivity contribution is 5.72. The van der Waals surface area contributed by atoms with Crippen molar-refractivity contribution < 1.29 is 17.6 Å². The molecular formula is C23H25F3N2O2. The number of aromatic amines is 1. The Labute approximate surface area is 172 Å². The molecular weight excluding hydrogens is 393 g/mol. The predicted octanol–water partition coefficient (Wildman–Crippen LogP) is 5.18. The van der Waals surface area contributed by atoms with E-state index < -0.39 is 23.2 Å². The minimum Gasteiger partial charge on any atom is -0.408 e. The van der Waals surface area contributed by atoms with Crippen LogP contribution >= 0.6 is 0 Å². The lowest BCUT2D eigenvalue weighted by Crippen LogP contribution is -2.33. The highest BCUT2D eigenvalue weighted by Crippen LogP contribution is 2.34. The third kappa shape index (κ3) is 4.61. The van der Waals surface area contributed by atoms with Gasteiger partial charge in [0.05, 0.1) is 5.52 Å². The van der Waals surface area contributed by atoms with Crippen molar-refractivity contribution in [2.45, 2.75) is 56.9 Å². The van der Waals surface area contributed by atoms with E-state index in [1.807, 2.05) is 12.1 Å². The van der Waals surface area contributed by atoms with Gasteiger partial charge in [-0.2, -0.15) is 0 Å². The van der Waals surface area contributed by atoms with Crippen molar-refractivity contribution >= 4 is 11.1 Å². The van der Waals surface area contributed by atoms with Gasteiger partial charge in [0.1, 0.15) is 0 Å². The van der Waals surface area contributed by atoms with Crippen LogP contribution in [0.3, 0.4) is 0 Å². The van der Waals surface area contributed by atoms with E-state index in [0.29, 0.717) is 30.4 Å². The molecule has 0 unspecified atom stereocenters. The first-order valence-corrected chi connectivity index (χ1v) is 10.5. The van der Waals surface area contributed by atoms with Crippen LogP contribution in [0, 0.1) is 17.5 Å². The van der Waals surface area contributed by atoms with Crippen LogP contribution in [0.5, 0.6) is 0 Å². The first kappa shape index (κ1) is 20.7. The molecule has 1 heterocycles. The molecule has 0 atom stereocenters. The Hall–Kier alpha value is -2.54. The van der Waals surface area contributed by atoms with E-state index in [1.165, 1.54) is 11.6 Å². The topological polar surface area (TPSA) is 58.0 Å². The van der Waals surface area contributed by atoms with Crippen LogP contribution in [0.1, 0.15) is 55.6 Å². The molecule has 0 bridgehead atoms. The fourth-order valence-electron chi connectivity index (χ4n) is 4.35. The lowest BCUT2D eigenvalue weighted by atomic mass is 9.81. The van der Waals surface area contributed by atoms with Crippen LogP contribution in [0.2, 0.25) is 0 Å². The molecule has 1 fully saturated rings. The van der Waals surface area contributed by atoms with Gasteiger partial charge in [-0.25, -0.2) is 18.0 Å². The number of fused-ring (bicyclic) bond motifs is 1. The molecule has 1 saturated carbocycles. The number of unbranched alkanes of at least 4 members (excludes halogenated alkanes) is 1. The molecule has 7 heteroatoms. The van der Waals surface area contributed by atoms with Gasteiger partial charge >= 0.3 is 5.76 Å². The van der Waals surface area contributed by atoms with Crippen molar-refractivity contribution in [3.8, 4) is 0 Å². The summed E-state index contributed by atoms with van der Waals surface area (Å²) in [5, 5.41) is 3.56. The van der Waals surface area contributed by atoms with Crippen LogP contribution in [0.4, 0.5) is 13.2 Å². The molecule has 1 aliphatic rings. The number of aromatic nitrogens is 1. The summed E-state index contributed by atoms with van der Waals surface area (Å²) in [6, 6.07) is 8.67. The number of hydrogen-bond donors (Lipinski definition) is 2. The number of aryl methyl sites for hydroxylation is 1. The van der Waals surface area contributed by atoms with Crippen molar-refractivity contribution in [1.29, 1.82) is 0 Å². The monoisotopic (exact) mass is 418 g/mol. The van der Waals surface area contributed by atoms with Gasteiger partial charge in [-0.15, -0.1) is 0 Å². The van der Waals surface area contributed by atoms with Gasteiger partial charge in [-0.3, -0.25) is 4.98 Å². The van der Waals surface area contributed by atoms with Crippen molar-refractivity contribution in [2.24, 2.45) is 0 Å². The number of H-pyrrole nitrogens is 1. The van der Waals surface area contributed by atoms with E-state index in [1.54, 1.807) is 0 Å². The lowest BCUT2D eigenvalue weighted by Gasteiger charge is -2.29. The van der Waals surface area contributed by atoms with Crippen molar-refractivity contribution in [2.75, 3.05) is 6.54 Å². The summed E-state index contributed by atoms with van der Waals surface area (Å²) in [6.07, 6.45) is 6.23. The summed E-state index contributed by atoms with van der Waals surface area (Å²) >= 11 is 0. The largest absolute Gasteiger partial charge is 0.417 e. The van der Waals surface area contributed by atoms with E-state index in [4.69, 9.17) is 4.42 Å². The van der Waals surface area contributed by atoms with Gasteiger partial charge in [0, 0.05) is 6.04 Å². The van der Waals surface area contributed by atoms with Crippen LogP contribution in [-0.2, 0) is 6.42 Å². The number of oxazole rings is 1. The molecule has 30 heavy (non-hydrogen) atoms. The maximum absolute atomic E-state index is 13.7. The highest BCUT2D eigenvalue weighted by atomic mass is 19.2. The fraction of sp³-hybridized carbons (Fsp3) is 0.435. The van der Waals surface area contributed by atoms with Crippen LogP contribution in [0.25, 0.3) is 11.1 Å². The molecule has 2 aromatic carbocycles. The number of nitrogens with one attached hydrogen (secondary N) is 2. The predicted molar refractivity (Wildman–Crippen MR) is 109 cm³/mol. The minimum atomic E-state index is -1.39. The van der Waals surface area contributed by atoms with E-state index in [0.717, 1.165) is 50.2 Å². The molecule has 1 aliphatic carbocycles. The zero-order valence-electron chi connectivity index (χ0n) is 16.6. The molecule has 160 valence electrons. The summed E-state index contributed by atoms with van der Waals surface area (Å²) in [4.78, 5) is 14.0. The fourth-order valence-corrected chi connectivity index (χ4v) is 4.35. The standard InChI is InChI=1S/C23H25F3N2O2/c24-18-10-6-15(21(25)22(18)26)3-1-2-12-27-17-8-4-14(5-9-17)16-7-11-19-20(13-16)30-23(29)28-19/h6-7,10-11,13-14,17,27H,1-5,8-9,12H2,(H,28,29). The second kappa shape index (κ2) is 9.08. The average molecular weight is 418 g/mol. The van der Waals surface area contributed by atoms with Gasteiger partial charge in [-0.05, 0) is 86.7 Å². The maximum Gasteiger partial charge on any atom is 0.417 e. The van der Waals surface area contributed by atoms with Crippen molar-refractivity contribution in [3.63, 3.8) is 0 Å². The number of rotatable bonds is 7. The molecule has 2 N–H and O–H groups in total. The minimum absolute atomic E-state index is 0.227. The Morgan fingerprint density at radius 3 is 2.60 bits per heavy atom. The van der Waals surface area contributed by atoms with Crippen molar-refractivity contribution in [1.82, 2.24) is 10.3 Å². The Morgan fingerprint density at radius 1 is 1.00 bits per heavy atom. The van der Waals surface area contributed by atoms with Gasteiger partial charge in [0.2, 0.25) is 0 Å². The first-order chi connectivity index (χ1) is 14.5. The molecule has 0 aliphatic heterocycles. The normalized spacial score (nSPS) is 19.4. The third-order valence-corrected chi connectivity index (χ3v) is 6.06. The average Bonchev–Trinajstić information content (AvgIpc) is 3.13. The lowest BCUT2D eigenvalue weighted by molar-refractivity contribution is 0.341. The maximum atomic E-state index is 13.7. The van der Waals surface area contributed by atoms with Crippen LogP contribution in [0.15, 0.2) is 39.5 Å². The Bertz CT molecular complexity index is 1070. The summed E-state index contributed by atoms with van der Waals surface area (Å²) in [6.45, 7) is 0.821. The van der Waals surface area contributed by atoms with E-state index in [2.05, 4.69) is 16.4 Å². The molecule has 4 rings (SSSR count). The number of benzene rings is 2. The quantitative estimate of drug-likeness (QED) is 0.411. The Kier molecular flexibility index (Phi) is 6.27. The SMILES string of the molecule is O=c1[nH]c2ccc(C3CCC(NCCCCc4ccc(F)c(F)c4F)CC3)cc2o1. The summed E-state index contributed by atoms with van der Waals surface area (Å²) < 4.78 is 45.1. The molecule has 4 nitrogen and oxygen atoms in total. The zero-order valence-corrected chi connectivity index (χ0v) is 16.6. The summed E-state index contributed by atoms with van der Waals surface area (Å²) in [7, 11) is 0. The van der Waals surface area contributed by atoms with E-state index in [9.17, 15) is 18.0 Å². The number of halogens is 3. The highest BCUT2D eigenvalue weighted by Gasteiger charge is 2.22. The smallest absolute Gasteiger partial charge is 0.408 e. The van der Waals surface area contributed by atoms with Gasteiger partial charge < -0.3 is 9.73 Å². The molecule has 0 saturated heterocycles. The van der Waals surface area contributed by atoms with Gasteiger partial charge in [0.25, 0.3) is 0 Å². The second-order valence-corrected chi connectivity index (χ2v) is 8.06. The zero-order chi connectivity index (χ0) is 21.1. The Morgan fingerprint density at radius 2 is 1.80 bits per heavy atom. The van der Waals surface area contributed by atoms with Gasteiger partial charge in [-0.1, -0.05) is 12.1 Å². The molecule has 0 spiro atoms. The van der Waals surface area contributed by atoms with Crippen molar-refractivity contribution in [3.05, 3.63) is 69.5 Å². The molecule has 3 aromatic rings. The summed E-state index contributed by atoms with van der Waals surface area (Å²) in [5.74, 6) is -3.57. The van der Waals surface area contributed by atoms with E-state index in [-0.39, 0.29) is 5.56 Å². The van der Waals surface area contributed by atoms with E-state index >= 15 is 0 Å². The van der Waals surface area contributed by atoms with Crippen LogP contribution in [-0.4, -0.2) is 17.6 Å². The van der Waals surface area contributed by atoms with Gasteiger partial charge in [0.15, 0.2) is 23.0 Å². The van der Waals surface area contributed by atoms with Crippen LogP contribution < -0.4 is 11.1 Å². The summed E-state index contributed by atoms with van der Waals surface area (Å²) in [5.41, 5.74) is 2.76. The third-order valence-electron chi connectivity index (χ3n) is 6.06. The Balaban J connectivity index is 1.19.